The smallest absolute Gasteiger partial charge is 0.348 e. The van der Waals surface area contributed by atoms with Gasteiger partial charge < -0.3 is 4.74 Å². The molecule has 1 aromatic rings. The van der Waals surface area contributed by atoms with E-state index in [1.807, 2.05) is 0 Å². The standard InChI is InChI=1S/C8H14ClN3O2/c1-8(2,14-4)12-7(13)11(3)6(5-9)10-12/h5H2,1-4H3. The molecule has 0 aliphatic heterocycles. The Labute approximate surface area is 87.2 Å². The Morgan fingerprint density at radius 1 is 1.57 bits per heavy atom. The van der Waals surface area contributed by atoms with Gasteiger partial charge in [0.05, 0.1) is 5.88 Å². The molecule has 0 unspecified atom stereocenters. The predicted octanol–water partition coefficient (Wildman–Crippen LogP) is 0.660. The van der Waals surface area contributed by atoms with Crippen LogP contribution in [0.4, 0.5) is 0 Å². The molecule has 0 aliphatic rings. The Kier molecular flexibility index (Phi) is 3.01. The molecule has 1 heterocycles. The molecular weight excluding hydrogens is 206 g/mol. The second kappa shape index (κ2) is 3.74. The van der Waals surface area contributed by atoms with Crippen LogP contribution in [0.1, 0.15) is 19.7 Å². The minimum absolute atomic E-state index is 0.207. The topological polar surface area (TPSA) is 49.0 Å². The maximum absolute atomic E-state index is 11.7. The predicted molar refractivity (Wildman–Crippen MR) is 53.4 cm³/mol. The Hall–Kier alpha value is -0.810. The SMILES string of the molecule is COC(C)(C)n1nc(CCl)n(C)c1=O. The molecule has 0 radical (unpaired) electrons. The molecule has 1 aromatic heterocycles. The highest BCUT2D eigenvalue weighted by Gasteiger charge is 2.24. The van der Waals surface area contributed by atoms with Crippen LogP contribution in [-0.2, 0) is 23.4 Å². The first-order chi connectivity index (χ1) is 6.44. The Balaban J connectivity index is 3.31. The van der Waals surface area contributed by atoms with Gasteiger partial charge in [-0.25, -0.2) is 4.79 Å². The fourth-order valence-corrected chi connectivity index (χ4v) is 1.26. The summed E-state index contributed by atoms with van der Waals surface area (Å²) in [6.45, 7) is 3.53. The largest absolute Gasteiger partial charge is 0.357 e. The van der Waals surface area contributed by atoms with E-state index in [2.05, 4.69) is 5.10 Å². The van der Waals surface area contributed by atoms with Gasteiger partial charge in [-0.1, -0.05) is 0 Å². The van der Waals surface area contributed by atoms with E-state index >= 15 is 0 Å². The Morgan fingerprint density at radius 2 is 2.14 bits per heavy atom. The minimum Gasteiger partial charge on any atom is -0.357 e. The molecule has 0 N–H and O–H groups in total. The Bertz CT molecular complexity index is 380. The van der Waals surface area contributed by atoms with Crippen molar-refractivity contribution in [3.05, 3.63) is 16.3 Å². The summed E-state index contributed by atoms with van der Waals surface area (Å²) in [6, 6.07) is 0. The fourth-order valence-electron chi connectivity index (χ4n) is 1.03. The molecule has 0 saturated heterocycles. The quantitative estimate of drug-likeness (QED) is 0.702. The van der Waals surface area contributed by atoms with E-state index in [9.17, 15) is 4.79 Å². The lowest BCUT2D eigenvalue weighted by Crippen LogP contribution is -2.38. The van der Waals surface area contributed by atoms with Crippen molar-refractivity contribution in [3.8, 4) is 0 Å². The van der Waals surface area contributed by atoms with Crippen LogP contribution >= 0.6 is 11.6 Å². The van der Waals surface area contributed by atoms with Crippen molar-refractivity contribution >= 4 is 11.6 Å². The van der Waals surface area contributed by atoms with Gasteiger partial charge in [0.25, 0.3) is 0 Å². The number of aromatic nitrogens is 3. The van der Waals surface area contributed by atoms with Gasteiger partial charge in [-0.3, -0.25) is 4.57 Å². The number of hydrogen-bond acceptors (Lipinski definition) is 3. The van der Waals surface area contributed by atoms with Crippen LogP contribution in [0.25, 0.3) is 0 Å². The van der Waals surface area contributed by atoms with Crippen LogP contribution in [0.3, 0.4) is 0 Å². The van der Waals surface area contributed by atoms with Crippen LogP contribution < -0.4 is 5.69 Å². The van der Waals surface area contributed by atoms with Crippen molar-refractivity contribution in [2.75, 3.05) is 7.11 Å². The molecule has 0 bridgehead atoms. The molecule has 0 fully saturated rings. The van der Waals surface area contributed by atoms with Crippen LogP contribution in [0.15, 0.2) is 4.79 Å². The summed E-state index contributed by atoms with van der Waals surface area (Å²) in [6.07, 6.45) is 0. The third kappa shape index (κ3) is 1.69. The van der Waals surface area contributed by atoms with Gasteiger partial charge in [0.1, 0.15) is 5.82 Å². The van der Waals surface area contributed by atoms with Crippen molar-refractivity contribution in [3.63, 3.8) is 0 Å². The molecule has 5 nitrogen and oxygen atoms in total. The van der Waals surface area contributed by atoms with Crippen LogP contribution in [-0.4, -0.2) is 21.5 Å². The zero-order valence-corrected chi connectivity index (χ0v) is 9.50. The number of nitrogens with zero attached hydrogens (tertiary/aromatic N) is 3. The van der Waals surface area contributed by atoms with Gasteiger partial charge in [-0.2, -0.15) is 9.78 Å². The molecule has 0 saturated carbocycles. The zero-order valence-electron chi connectivity index (χ0n) is 8.74. The highest BCUT2D eigenvalue weighted by Crippen LogP contribution is 2.12. The third-order valence-corrected chi connectivity index (χ3v) is 2.44. The normalized spacial score (nSPS) is 12.1. The molecule has 0 aliphatic carbocycles. The average Bonchev–Trinajstić information content (AvgIpc) is 2.44. The fraction of sp³-hybridized carbons (Fsp3) is 0.750. The summed E-state index contributed by atoms with van der Waals surface area (Å²) in [4.78, 5) is 11.7. The monoisotopic (exact) mass is 219 g/mol. The summed E-state index contributed by atoms with van der Waals surface area (Å²) in [7, 11) is 3.16. The highest BCUT2D eigenvalue weighted by atomic mass is 35.5. The zero-order chi connectivity index (χ0) is 10.9. The number of halogens is 1. The number of alkyl halides is 1. The summed E-state index contributed by atoms with van der Waals surface area (Å²) < 4.78 is 7.85. The van der Waals surface area contributed by atoms with E-state index in [0.29, 0.717) is 5.82 Å². The van der Waals surface area contributed by atoms with Gasteiger partial charge in [0, 0.05) is 14.2 Å². The van der Waals surface area contributed by atoms with Crippen molar-refractivity contribution in [1.82, 2.24) is 14.3 Å². The molecule has 6 heteroatoms. The molecule has 0 atom stereocenters. The molecule has 14 heavy (non-hydrogen) atoms. The minimum atomic E-state index is -0.751. The van der Waals surface area contributed by atoms with Crippen LogP contribution in [0, 0.1) is 0 Å². The maximum atomic E-state index is 11.7. The van der Waals surface area contributed by atoms with E-state index < -0.39 is 5.72 Å². The number of rotatable bonds is 3. The van der Waals surface area contributed by atoms with Crippen LogP contribution in [0.2, 0.25) is 0 Å². The van der Waals surface area contributed by atoms with Gasteiger partial charge in [0.2, 0.25) is 0 Å². The summed E-state index contributed by atoms with van der Waals surface area (Å²) in [5.41, 5.74) is -0.980. The van der Waals surface area contributed by atoms with Crippen molar-refractivity contribution < 1.29 is 4.74 Å². The summed E-state index contributed by atoms with van der Waals surface area (Å²) in [5.74, 6) is 0.736. The summed E-state index contributed by atoms with van der Waals surface area (Å²) in [5, 5.41) is 4.08. The van der Waals surface area contributed by atoms with E-state index in [-0.39, 0.29) is 11.6 Å². The summed E-state index contributed by atoms with van der Waals surface area (Å²) >= 11 is 5.63. The maximum Gasteiger partial charge on any atom is 0.348 e. The number of methoxy groups -OCH3 is 1. The molecule has 0 spiro atoms. The van der Waals surface area contributed by atoms with Crippen LogP contribution in [0.5, 0.6) is 0 Å². The molecule has 80 valence electrons. The third-order valence-electron chi connectivity index (χ3n) is 2.20. The molecule has 1 rings (SSSR count). The first kappa shape index (κ1) is 11.3. The second-order valence-electron chi connectivity index (χ2n) is 3.45. The van der Waals surface area contributed by atoms with E-state index in [4.69, 9.17) is 16.3 Å². The lowest BCUT2D eigenvalue weighted by atomic mass is 10.3. The van der Waals surface area contributed by atoms with Crippen molar-refractivity contribution in [2.24, 2.45) is 7.05 Å². The van der Waals surface area contributed by atoms with Gasteiger partial charge in [-0.05, 0) is 13.8 Å². The van der Waals surface area contributed by atoms with E-state index in [0.717, 1.165) is 0 Å². The number of ether oxygens (including phenoxy) is 1. The van der Waals surface area contributed by atoms with Crippen molar-refractivity contribution in [1.29, 1.82) is 0 Å². The van der Waals surface area contributed by atoms with Gasteiger partial charge in [-0.15, -0.1) is 11.6 Å². The van der Waals surface area contributed by atoms with Gasteiger partial charge >= 0.3 is 5.69 Å². The second-order valence-corrected chi connectivity index (χ2v) is 3.72. The molecular formula is C8H14ClN3O2. The highest BCUT2D eigenvalue weighted by molar-refractivity contribution is 6.16. The van der Waals surface area contributed by atoms with Gasteiger partial charge in [0.15, 0.2) is 5.72 Å². The lowest BCUT2D eigenvalue weighted by Gasteiger charge is -2.21. The van der Waals surface area contributed by atoms with E-state index in [1.54, 1.807) is 20.9 Å². The first-order valence-electron chi connectivity index (χ1n) is 4.20. The first-order valence-corrected chi connectivity index (χ1v) is 4.74. The molecule has 0 amide bonds. The number of hydrogen-bond donors (Lipinski definition) is 0. The van der Waals surface area contributed by atoms with Crippen molar-refractivity contribution in [2.45, 2.75) is 25.5 Å². The van der Waals surface area contributed by atoms with E-state index in [1.165, 1.54) is 16.4 Å². The Morgan fingerprint density at radius 3 is 2.50 bits per heavy atom. The molecule has 0 aromatic carbocycles. The average molecular weight is 220 g/mol. The lowest BCUT2D eigenvalue weighted by molar-refractivity contribution is -0.0582.